The van der Waals surface area contributed by atoms with Crippen LogP contribution in [0.3, 0.4) is 0 Å². The summed E-state index contributed by atoms with van der Waals surface area (Å²) in [6, 6.07) is 5.09. The molecule has 1 N–H and O–H groups in total. The molecule has 0 amide bonds. The molecule has 1 unspecified atom stereocenters. The van der Waals surface area contributed by atoms with Crippen LogP contribution in [-0.2, 0) is 0 Å². The zero-order valence-electron chi connectivity index (χ0n) is 6.16. The molecule has 1 aromatic carbocycles. The number of hydrogen-bond donors (Lipinski definition) is 1. The van der Waals surface area contributed by atoms with Gasteiger partial charge >= 0.3 is 0 Å². The fourth-order valence-corrected chi connectivity index (χ4v) is 1.22. The molecule has 12 heavy (non-hydrogen) atoms. The minimum atomic E-state index is -0.585. The fraction of sp³-hybridized carbons (Fsp3) is 0.250. The summed E-state index contributed by atoms with van der Waals surface area (Å²) in [5, 5.41) is 9.32. The predicted octanol–water partition coefficient (Wildman–Crippen LogP) is 1.43. The number of fused-ring (bicyclic) bond motifs is 1. The Balaban J connectivity index is 2.30. The van der Waals surface area contributed by atoms with E-state index in [9.17, 15) is 0 Å². The second kappa shape index (κ2) is 2.84. The Morgan fingerprint density at radius 2 is 2.08 bits per heavy atom. The van der Waals surface area contributed by atoms with Crippen LogP contribution in [0.5, 0.6) is 11.5 Å². The number of halogens is 1. The lowest BCUT2D eigenvalue weighted by molar-refractivity contribution is -0.000784. The maximum absolute atomic E-state index is 8.72. The molecule has 0 saturated carbocycles. The van der Waals surface area contributed by atoms with Gasteiger partial charge in [-0.1, -0.05) is 11.6 Å². The molecular formula is C8H7ClO3. The van der Waals surface area contributed by atoms with Gasteiger partial charge in [0.1, 0.15) is 6.61 Å². The van der Waals surface area contributed by atoms with E-state index in [-0.39, 0.29) is 6.61 Å². The number of benzene rings is 1. The third-order valence-electron chi connectivity index (χ3n) is 1.57. The third kappa shape index (κ3) is 1.21. The van der Waals surface area contributed by atoms with Crippen LogP contribution in [0, 0.1) is 0 Å². The predicted molar refractivity (Wildman–Crippen MR) is 43.6 cm³/mol. The molecular weight excluding hydrogens is 180 g/mol. The van der Waals surface area contributed by atoms with Gasteiger partial charge in [0.05, 0.1) is 0 Å². The van der Waals surface area contributed by atoms with E-state index in [0.717, 1.165) is 0 Å². The summed E-state index contributed by atoms with van der Waals surface area (Å²) < 4.78 is 10.4. The zero-order chi connectivity index (χ0) is 8.55. The zero-order valence-corrected chi connectivity index (χ0v) is 6.91. The van der Waals surface area contributed by atoms with E-state index in [2.05, 4.69) is 0 Å². The third-order valence-corrected chi connectivity index (χ3v) is 1.81. The molecule has 1 atom stereocenters. The van der Waals surface area contributed by atoms with Crippen molar-refractivity contribution in [2.24, 2.45) is 0 Å². The van der Waals surface area contributed by atoms with Gasteiger partial charge in [-0.2, -0.15) is 0 Å². The Morgan fingerprint density at radius 3 is 2.83 bits per heavy atom. The highest BCUT2D eigenvalue weighted by atomic mass is 35.5. The van der Waals surface area contributed by atoms with Crippen LogP contribution in [-0.4, -0.2) is 18.0 Å². The smallest absolute Gasteiger partial charge is 0.264 e. The molecule has 1 aromatic rings. The van der Waals surface area contributed by atoms with E-state index in [1.54, 1.807) is 18.2 Å². The van der Waals surface area contributed by atoms with Gasteiger partial charge in [-0.05, 0) is 12.1 Å². The SMILES string of the molecule is OCC1Oc2ccc(Cl)cc2O1. The maximum atomic E-state index is 8.72. The lowest BCUT2D eigenvalue weighted by atomic mass is 10.3. The van der Waals surface area contributed by atoms with Gasteiger partial charge in [0, 0.05) is 11.1 Å². The number of aliphatic hydroxyl groups is 1. The first-order chi connectivity index (χ1) is 5.79. The van der Waals surface area contributed by atoms with Crippen molar-refractivity contribution >= 4 is 11.6 Å². The second-order valence-corrected chi connectivity index (χ2v) is 2.88. The average Bonchev–Trinajstić information content (AvgIpc) is 2.46. The van der Waals surface area contributed by atoms with Gasteiger partial charge in [0.2, 0.25) is 0 Å². The summed E-state index contributed by atoms with van der Waals surface area (Å²) in [7, 11) is 0. The van der Waals surface area contributed by atoms with Gasteiger partial charge in [-0.25, -0.2) is 0 Å². The molecule has 2 rings (SSSR count). The van der Waals surface area contributed by atoms with E-state index in [0.29, 0.717) is 16.5 Å². The molecule has 1 aliphatic heterocycles. The van der Waals surface area contributed by atoms with Crippen LogP contribution in [0.15, 0.2) is 18.2 Å². The van der Waals surface area contributed by atoms with E-state index in [1.165, 1.54) is 0 Å². The van der Waals surface area contributed by atoms with Gasteiger partial charge in [-0.3, -0.25) is 0 Å². The molecule has 1 aliphatic rings. The van der Waals surface area contributed by atoms with Gasteiger partial charge in [0.15, 0.2) is 11.5 Å². The molecule has 1 heterocycles. The van der Waals surface area contributed by atoms with Gasteiger partial charge in [-0.15, -0.1) is 0 Å². The normalized spacial score (nSPS) is 19.7. The Bertz CT molecular complexity index is 300. The molecule has 3 nitrogen and oxygen atoms in total. The maximum Gasteiger partial charge on any atom is 0.264 e. The molecule has 0 bridgehead atoms. The summed E-state index contributed by atoms with van der Waals surface area (Å²) in [6.07, 6.45) is -0.585. The molecule has 0 spiro atoms. The van der Waals surface area contributed by atoms with Crippen LogP contribution in [0.25, 0.3) is 0 Å². The first kappa shape index (κ1) is 7.71. The highest BCUT2D eigenvalue weighted by Crippen LogP contribution is 2.36. The quantitative estimate of drug-likeness (QED) is 0.721. The minimum Gasteiger partial charge on any atom is -0.448 e. The van der Waals surface area contributed by atoms with Crippen molar-refractivity contribution in [1.82, 2.24) is 0 Å². The molecule has 0 saturated heterocycles. The second-order valence-electron chi connectivity index (χ2n) is 2.44. The van der Waals surface area contributed by atoms with Crippen LogP contribution in [0.1, 0.15) is 0 Å². The Hall–Kier alpha value is -0.930. The Morgan fingerprint density at radius 1 is 1.33 bits per heavy atom. The Kier molecular flexibility index (Phi) is 1.83. The molecule has 0 aliphatic carbocycles. The van der Waals surface area contributed by atoms with Crippen molar-refractivity contribution in [3.63, 3.8) is 0 Å². The van der Waals surface area contributed by atoms with Crippen molar-refractivity contribution in [1.29, 1.82) is 0 Å². The minimum absolute atomic E-state index is 0.160. The van der Waals surface area contributed by atoms with E-state index >= 15 is 0 Å². The van der Waals surface area contributed by atoms with Crippen molar-refractivity contribution in [3.05, 3.63) is 23.2 Å². The fourth-order valence-electron chi connectivity index (χ4n) is 1.05. The van der Waals surface area contributed by atoms with Gasteiger partial charge in [0.25, 0.3) is 6.29 Å². The number of ether oxygens (including phenoxy) is 2. The summed E-state index contributed by atoms with van der Waals surface area (Å²) in [5.74, 6) is 1.21. The number of hydrogen-bond acceptors (Lipinski definition) is 3. The summed E-state index contributed by atoms with van der Waals surface area (Å²) in [6.45, 7) is -0.160. The monoisotopic (exact) mass is 186 g/mol. The molecule has 0 aromatic heterocycles. The first-order valence-electron chi connectivity index (χ1n) is 3.53. The Labute approximate surface area is 74.5 Å². The van der Waals surface area contributed by atoms with Crippen molar-refractivity contribution < 1.29 is 14.6 Å². The van der Waals surface area contributed by atoms with Gasteiger partial charge < -0.3 is 14.6 Å². The number of rotatable bonds is 1. The van der Waals surface area contributed by atoms with Crippen LogP contribution >= 0.6 is 11.6 Å². The standard InChI is InChI=1S/C8H7ClO3/c9-5-1-2-6-7(3-5)12-8(4-10)11-6/h1-3,8,10H,4H2. The lowest BCUT2D eigenvalue weighted by Crippen LogP contribution is -2.22. The first-order valence-corrected chi connectivity index (χ1v) is 3.91. The largest absolute Gasteiger partial charge is 0.448 e. The van der Waals surface area contributed by atoms with Crippen molar-refractivity contribution in [2.75, 3.05) is 6.61 Å². The summed E-state index contributed by atoms with van der Waals surface area (Å²) in [4.78, 5) is 0. The van der Waals surface area contributed by atoms with E-state index in [4.69, 9.17) is 26.2 Å². The average molecular weight is 187 g/mol. The summed E-state index contributed by atoms with van der Waals surface area (Å²) in [5.41, 5.74) is 0. The van der Waals surface area contributed by atoms with Crippen LogP contribution < -0.4 is 9.47 Å². The van der Waals surface area contributed by atoms with Crippen molar-refractivity contribution in [3.8, 4) is 11.5 Å². The highest BCUT2D eigenvalue weighted by molar-refractivity contribution is 6.30. The van der Waals surface area contributed by atoms with Crippen molar-refractivity contribution in [2.45, 2.75) is 6.29 Å². The summed E-state index contributed by atoms with van der Waals surface area (Å²) >= 11 is 5.72. The molecule has 0 fully saturated rings. The molecule has 64 valence electrons. The highest BCUT2D eigenvalue weighted by Gasteiger charge is 2.22. The molecule has 0 radical (unpaired) electrons. The topological polar surface area (TPSA) is 38.7 Å². The van der Waals surface area contributed by atoms with E-state index in [1.807, 2.05) is 0 Å². The molecule has 4 heteroatoms. The lowest BCUT2D eigenvalue weighted by Gasteiger charge is -2.04. The van der Waals surface area contributed by atoms with E-state index < -0.39 is 6.29 Å². The van der Waals surface area contributed by atoms with Crippen LogP contribution in [0.4, 0.5) is 0 Å². The number of aliphatic hydroxyl groups excluding tert-OH is 1. The van der Waals surface area contributed by atoms with Crippen LogP contribution in [0.2, 0.25) is 5.02 Å².